The summed E-state index contributed by atoms with van der Waals surface area (Å²) in [5.74, 6) is -2.19. The molecule has 1 atom stereocenters. The highest BCUT2D eigenvalue weighted by Gasteiger charge is 2.29. The smallest absolute Gasteiger partial charge is 0.312 e. The van der Waals surface area contributed by atoms with Crippen LogP contribution in [0.4, 0.5) is 13.9 Å². The van der Waals surface area contributed by atoms with Crippen LogP contribution in [0.25, 0.3) is 0 Å². The van der Waals surface area contributed by atoms with Gasteiger partial charge in [0.2, 0.25) is 15.1 Å². The fraction of sp³-hybridized carbons (Fsp3) is 0.250. The van der Waals surface area contributed by atoms with Crippen molar-refractivity contribution in [3.05, 3.63) is 52.7 Å². The number of ether oxygens (including phenoxy) is 1. The Morgan fingerprint density at radius 3 is 2.78 bits per heavy atom. The van der Waals surface area contributed by atoms with Crippen LogP contribution < -0.4 is 9.46 Å². The predicted molar refractivity (Wildman–Crippen MR) is 102 cm³/mol. The molecule has 1 heterocycles. The highest BCUT2D eigenvalue weighted by molar-refractivity contribution is 9.10. The van der Waals surface area contributed by atoms with E-state index in [2.05, 4.69) is 32.2 Å². The summed E-state index contributed by atoms with van der Waals surface area (Å²) in [6.45, 7) is 5.21. The summed E-state index contributed by atoms with van der Waals surface area (Å²) >= 11 is 3.63. The molecule has 0 fully saturated rings. The van der Waals surface area contributed by atoms with Crippen molar-refractivity contribution in [1.82, 2.24) is 4.98 Å². The van der Waals surface area contributed by atoms with Gasteiger partial charge >= 0.3 is 5.97 Å². The van der Waals surface area contributed by atoms with Crippen LogP contribution in [0, 0.1) is 11.6 Å². The largest absolute Gasteiger partial charge is 0.414 e. The molecule has 2 aromatic rings. The summed E-state index contributed by atoms with van der Waals surface area (Å²) in [6, 6.07) is 1.62. The van der Waals surface area contributed by atoms with Crippen molar-refractivity contribution in [2.45, 2.75) is 25.0 Å². The van der Waals surface area contributed by atoms with Gasteiger partial charge in [-0.1, -0.05) is 24.3 Å². The Kier molecular flexibility index (Phi) is 7.06. The number of sulfonamides is 1. The average molecular weight is 481 g/mol. The first-order chi connectivity index (χ1) is 12.7. The van der Waals surface area contributed by atoms with Gasteiger partial charge in [-0.2, -0.15) is 0 Å². The highest BCUT2D eigenvalue weighted by Crippen LogP contribution is 2.33. The highest BCUT2D eigenvalue weighted by atomic mass is 79.9. The van der Waals surface area contributed by atoms with Crippen LogP contribution >= 0.6 is 27.3 Å². The lowest BCUT2D eigenvalue weighted by Crippen LogP contribution is -2.21. The third-order valence-corrected chi connectivity index (χ3v) is 6.40. The Morgan fingerprint density at radius 2 is 2.15 bits per heavy atom. The zero-order chi connectivity index (χ0) is 20.2. The molecule has 0 saturated carbocycles. The van der Waals surface area contributed by atoms with Crippen molar-refractivity contribution in [3.63, 3.8) is 0 Å². The number of nitrogens with zero attached hydrogens (tertiary/aromatic N) is 1. The third kappa shape index (κ3) is 5.33. The van der Waals surface area contributed by atoms with Gasteiger partial charge in [0.1, 0.15) is 16.9 Å². The number of benzene rings is 1. The third-order valence-electron chi connectivity index (χ3n) is 3.28. The van der Waals surface area contributed by atoms with E-state index in [1.165, 1.54) is 6.20 Å². The second kappa shape index (κ2) is 8.89. The molecule has 0 amide bonds. The van der Waals surface area contributed by atoms with Gasteiger partial charge in [0, 0.05) is 12.0 Å². The molecule has 0 radical (unpaired) electrons. The van der Waals surface area contributed by atoms with Crippen LogP contribution in [0.1, 0.15) is 30.6 Å². The Bertz CT molecular complexity index is 963. The second-order valence-electron chi connectivity index (χ2n) is 5.30. The number of esters is 1. The molecule has 0 aliphatic carbocycles. The minimum Gasteiger partial charge on any atom is -0.414 e. The summed E-state index contributed by atoms with van der Waals surface area (Å²) in [7, 11) is -4.24. The van der Waals surface area contributed by atoms with E-state index in [0.717, 1.165) is 29.5 Å². The SMILES string of the molecule is C=CC(c1cc(F)c(Br)cc1F)S(=O)(=O)Nc1ncc(OC(=O)CCC)s1. The zero-order valence-electron chi connectivity index (χ0n) is 14.0. The van der Waals surface area contributed by atoms with E-state index < -0.39 is 38.4 Å². The predicted octanol–water partition coefficient (Wildman–Crippen LogP) is 4.56. The fourth-order valence-corrected chi connectivity index (χ4v) is 4.64. The molecule has 0 saturated heterocycles. The molecule has 0 aliphatic heterocycles. The van der Waals surface area contributed by atoms with E-state index in [-0.39, 0.29) is 21.1 Å². The first kappa shape index (κ1) is 21.5. The summed E-state index contributed by atoms with van der Waals surface area (Å²) < 4.78 is 60.1. The Hall–Kier alpha value is -1.85. The number of anilines is 1. The molecule has 1 unspecified atom stereocenters. The van der Waals surface area contributed by atoms with E-state index in [0.29, 0.717) is 6.42 Å². The molecule has 27 heavy (non-hydrogen) atoms. The maximum absolute atomic E-state index is 14.1. The van der Waals surface area contributed by atoms with E-state index in [1.54, 1.807) is 0 Å². The standard InChI is InChI=1S/C16H15BrF2N2O4S2/c1-3-5-14(22)25-15-8-20-16(26-15)21-27(23,24)13(4-2)9-6-12(19)10(17)7-11(9)18/h4,6-8,13H,2-3,5H2,1H3,(H,20,21). The maximum atomic E-state index is 14.1. The van der Waals surface area contributed by atoms with Crippen molar-refractivity contribution in [2.24, 2.45) is 0 Å². The molecule has 0 aliphatic rings. The van der Waals surface area contributed by atoms with Crippen LogP contribution in [0.15, 0.2) is 35.5 Å². The quantitative estimate of drug-likeness (QED) is 0.340. The average Bonchev–Trinajstić information content (AvgIpc) is 2.98. The van der Waals surface area contributed by atoms with Crippen LogP contribution in [0.5, 0.6) is 5.06 Å². The zero-order valence-corrected chi connectivity index (χ0v) is 17.3. The number of carbonyl (C=O) groups is 1. The molecule has 146 valence electrons. The van der Waals surface area contributed by atoms with Gasteiger partial charge in [-0.05, 0) is 34.5 Å². The van der Waals surface area contributed by atoms with Crippen LogP contribution in [-0.2, 0) is 14.8 Å². The second-order valence-corrected chi connectivity index (χ2v) is 8.95. The first-order valence-corrected chi connectivity index (χ1v) is 10.8. The number of nitrogens with one attached hydrogen (secondary N) is 1. The van der Waals surface area contributed by atoms with Gasteiger partial charge in [0.05, 0.1) is 10.7 Å². The van der Waals surface area contributed by atoms with Crippen molar-refractivity contribution < 1.29 is 26.7 Å². The van der Waals surface area contributed by atoms with E-state index >= 15 is 0 Å². The van der Waals surface area contributed by atoms with Crippen molar-refractivity contribution >= 4 is 48.4 Å². The Balaban J connectivity index is 2.24. The summed E-state index contributed by atoms with van der Waals surface area (Å²) in [5, 5.41) is -1.53. The molecule has 1 aromatic carbocycles. The minimum absolute atomic E-state index is 0.0841. The molecule has 6 nitrogen and oxygen atoms in total. The summed E-state index contributed by atoms with van der Waals surface area (Å²) in [4.78, 5) is 15.3. The lowest BCUT2D eigenvalue weighted by molar-refractivity contribution is -0.134. The molecule has 0 bridgehead atoms. The monoisotopic (exact) mass is 480 g/mol. The summed E-state index contributed by atoms with van der Waals surface area (Å²) in [5.41, 5.74) is -0.399. The fourth-order valence-electron chi connectivity index (χ4n) is 2.08. The first-order valence-electron chi connectivity index (χ1n) is 7.63. The molecule has 1 N–H and O–H groups in total. The number of thiazole rings is 1. The Labute approximate surface area is 167 Å². The number of hydrogen-bond donors (Lipinski definition) is 1. The molecule has 0 spiro atoms. The molecular weight excluding hydrogens is 466 g/mol. The van der Waals surface area contributed by atoms with E-state index in [9.17, 15) is 22.0 Å². The number of carbonyl (C=O) groups excluding carboxylic acids is 1. The number of aromatic nitrogens is 1. The molecular formula is C16H15BrF2N2O4S2. The lowest BCUT2D eigenvalue weighted by atomic mass is 10.1. The van der Waals surface area contributed by atoms with Crippen molar-refractivity contribution in [2.75, 3.05) is 4.72 Å². The van der Waals surface area contributed by atoms with Gasteiger partial charge in [0.25, 0.3) is 0 Å². The molecule has 2 rings (SSSR count). The molecule has 11 heteroatoms. The van der Waals surface area contributed by atoms with Crippen LogP contribution in [-0.4, -0.2) is 19.4 Å². The van der Waals surface area contributed by atoms with E-state index in [1.807, 2.05) is 6.92 Å². The van der Waals surface area contributed by atoms with E-state index in [4.69, 9.17) is 4.74 Å². The van der Waals surface area contributed by atoms with Crippen molar-refractivity contribution in [3.8, 4) is 5.06 Å². The van der Waals surface area contributed by atoms with Crippen LogP contribution in [0.2, 0.25) is 0 Å². The Morgan fingerprint density at radius 1 is 1.44 bits per heavy atom. The lowest BCUT2D eigenvalue weighted by Gasteiger charge is -2.15. The molecule has 1 aromatic heterocycles. The van der Waals surface area contributed by atoms with Crippen LogP contribution in [0.3, 0.4) is 0 Å². The number of halogens is 3. The number of rotatable bonds is 8. The van der Waals surface area contributed by atoms with Gasteiger partial charge in [0.15, 0.2) is 5.13 Å². The van der Waals surface area contributed by atoms with Gasteiger partial charge in [-0.3, -0.25) is 9.52 Å². The number of hydrogen-bond acceptors (Lipinski definition) is 6. The van der Waals surface area contributed by atoms with Crippen molar-refractivity contribution in [1.29, 1.82) is 0 Å². The van der Waals surface area contributed by atoms with Gasteiger partial charge < -0.3 is 4.74 Å². The summed E-state index contributed by atoms with van der Waals surface area (Å²) in [6.07, 6.45) is 2.99. The maximum Gasteiger partial charge on any atom is 0.312 e. The van der Waals surface area contributed by atoms with Gasteiger partial charge in [-0.25, -0.2) is 22.2 Å². The van der Waals surface area contributed by atoms with Gasteiger partial charge in [-0.15, -0.1) is 6.58 Å². The minimum atomic E-state index is -4.24. The normalized spacial score (nSPS) is 12.4. The topological polar surface area (TPSA) is 85.4 Å².